The second-order valence-electron chi connectivity index (χ2n) is 7.69. The van der Waals surface area contributed by atoms with E-state index in [4.69, 9.17) is 5.11 Å². The third-order valence-electron chi connectivity index (χ3n) is 5.13. The highest BCUT2D eigenvalue weighted by Gasteiger charge is 2.42. The van der Waals surface area contributed by atoms with Crippen LogP contribution in [0.25, 0.3) is 0 Å². The number of nitrogens with zero attached hydrogens (tertiary/aromatic N) is 1. The van der Waals surface area contributed by atoms with Crippen LogP contribution in [0.4, 0.5) is 9.18 Å². The highest BCUT2D eigenvalue weighted by Crippen LogP contribution is 2.40. The molecule has 0 radical (unpaired) electrons. The van der Waals surface area contributed by atoms with Crippen LogP contribution in [0.2, 0.25) is 0 Å². The van der Waals surface area contributed by atoms with Gasteiger partial charge >= 0.3 is 6.09 Å². The molecule has 0 bridgehead atoms. The molecular formula is C22H27FN2O4S. The van der Waals surface area contributed by atoms with E-state index < -0.39 is 34.0 Å². The van der Waals surface area contributed by atoms with Crippen LogP contribution in [0, 0.1) is 12.7 Å². The Morgan fingerprint density at radius 1 is 1.07 bits per heavy atom. The lowest BCUT2D eigenvalue weighted by molar-refractivity contribution is 0.190. The largest absolute Gasteiger partial charge is 0.465 e. The van der Waals surface area contributed by atoms with Crippen LogP contribution in [-0.2, 0) is 10.0 Å². The first-order valence-corrected chi connectivity index (χ1v) is 11.6. The number of carboxylic acid groups (broad SMARTS) is 1. The van der Waals surface area contributed by atoms with Crippen molar-refractivity contribution in [2.24, 2.45) is 0 Å². The minimum atomic E-state index is -3.85. The Hall–Kier alpha value is -2.45. The highest BCUT2D eigenvalue weighted by atomic mass is 32.2. The number of sulfonamides is 1. The maximum absolute atomic E-state index is 13.3. The van der Waals surface area contributed by atoms with Gasteiger partial charge in [-0.15, -0.1) is 0 Å². The molecule has 0 spiro atoms. The summed E-state index contributed by atoms with van der Waals surface area (Å²) in [5.74, 6) is -0.395. The predicted octanol–water partition coefficient (Wildman–Crippen LogP) is 4.47. The van der Waals surface area contributed by atoms with Crippen molar-refractivity contribution in [1.82, 2.24) is 9.62 Å². The normalized spacial score (nSPS) is 20.9. The number of aryl methyl sites for hydroxylation is 1. The Labute approximate surface area is 176 Å². The van der Waals surface area contributed by atoms with Crippen LogP contribution in [0.15, 0.2) is 53.4 Å². The molecule has 2 N–H and O–H groups in total. The maximum atomic E-state index is 13.3. The standard InChI is InChI=1S/C19H21FN2O4S.C3H6/c1-13-2-9-17(10-3-13)27(25,26)22-16(12-21-19(23)24)8-11-18(22)14-4-6-15(20)7-5-14;1-2-3-1/h2-7,9-10,16,18,21H,8,11-12H2,1H3,(H,23,24);1-3H2. The number of carbonyl (C=O) groups is 1. The molecule has 2 unspecified atom stereocenters. The third kappa shape index (κ3) is 5.58. The highest BCUT2D eigenvalue weighted by molar-refractivity contribution is 7.89. The van der Waals surface area contributed by atoms with Crippen molar-refractivity contribution in [3.63, 3.8) is 0 Å². The molecule has 2 aromatic rings. The average molecular weight is 435 g/mol. The van der Waals surface area contributed by atoms with E-state index in [1.54, 1.807) is 36.4 Å². The summed E-state index contributed by atoms with van der Waals surface area (Å²) >= 11 is 0. The van der Waals surface area contributed by atoms with Crippen molar-refractivity contribution >= 4 is 16.1 Å². The third-order valence-corrected chi connectivity index (χ3v) is 7.11. The molecule has 1 aliphatic carbocycles. The molecule has 162 valence electrons. The average Bonchev–Trinajstić information content (AvgIpc) is 3.53. The first-order chi connectivity index (χ1) is 14.3. The summed E-state index contributed by atoms with van der Waals surface area (Å²) in [4.78, 5) is 11.0. The van der Waals surface area contributed by atoms with E-state index in [9.17, 15) is 17.6 Å². The van der Waals surface area contributed by atoms with Gasteiger partial charge in [0.2, 0.25) is 10.0 Å². The minimum Gasteiger partial charge on any atom is -0.465 e. The fourth-order valence-corrected chi connectivity index (χ4v) is 5.31. The van der Waals surface area contributed by atoms with Gasteiger partial charge in [0.15, 0.2) is 0 Å². The van der Waals surface area contributed by atoms with E-state index in [0.29, 0.717) is 18.4 Å². The molecule has 1 saturated carbocycles. The van der Waals surface area contributed by atoms with Crippen LogP contribution in [0.3, 0.4) is 0 Å². The van der Waals surface area contributed by atoms with Crippen molar-refractivity contribution in [2.45, 2.75) is 56.0 Å². The van der Waals surface area contributed by atoms with Gasteiger partial charge in [0.1, 0.15) is 5.82 Å². The molecule has 6 nitrogen and oxygen atoms in total. The van der Waals surface area contributed by atoms with Crippen molar-refractivity contribution in [3.05, 3.63) is 65.5 Å². The molecule has 1 aliphatic heterocycles. The predicted molar refractivity (Wildman–Crippen MR) is 112 cm³/mol. The second kappa shape index (κ2) is 9.57. The zero-order valence-corrected chi connectivity index (χ0v) is 17.7. The summed E-state index contributed by atoms with van der Waals surface area (Å²) in [6, 6.07) is 11.3. The Kier molecular flexibility index (Phi) is 7.10. The zero-order chi connectivity index (χ0) is 21.7. The first kappa shape index (κ1) is 22.2. The summed E-state index contributed by atoms with van der Waals surface area (Å²) in [7, 11) is -3.85. The van der Waals surface area contributed by atoms with E-state index in [2.05, 4.69) is 5.32 Å². The molecular weight excluding hydrogens is 407 g/mol. The first-order valence-electron chi connectivity index (χ1n) is 10.1. The molecule has 4 rings (SSSR count). The summed E-state index contributed by atoms with van der Waals surface area (Å²) in [6.07, 6.45) is 4.34. The molecule has 2 aromatic carbocycles. The second-order valence-corrected chi connectivity index (χ2v) is 9.54. The molecule has 1 amide bonds. The number of hydrogen-bond donors (Lipinski definition) is 2. The van der Waals surface area contributed by atoms with Gasteiger partial charge in [-0.25, -0.2) is 17.6 Å². The summed E-state index contributed by atoms with van der Waals surface area (Å²) in [5, 5.41) is 11.2. The van der Waals surface area contributed by atoms with Gasteiger partial charge in [-0.05, 0) is 49.6 Å². The minimum absolute atomic E-state index is 0.00187. The molecule has 2 atom stereocenters. The molecule has 8 heteroatoms. The van der Waals surface area contributed by atoms with Crippen molar-refractivity contribution < 1.29 is 22.7 Å². The van der Waals surface area contributed by atoms with Gasteiger partial charge in [0.25, 0.3) is 0 Å². The molecule has 2 aliphatic rings. The summed E-state index contributed by atoms with van der Waals surface area (Å²) in [6.45, 7) is 1.87. The summed E-state index contributed by atoms with van der Waals surface area (Å²) < 4.78 is 41.3. The molecule has 1 heterocycles. The van der Waals surface area contributed by atoms with Gasteiger partial charge in [0, 0.05) is 12.6 Å². The lowest BCUT2D eigenvalue weighted by Crippen LogP contribution is -2.43. The van der Waals surface area contributed by atoms with Gasteiger partial charge in [0.05, 0.1) is 10.9 Å². The Bertz CT molecular complexity index is 957. The van der Waals surface area contributed by atoms with Gasteiger partial charge in [-0.3, -0.25) is 0 Å². The van der Waals surface area contributed by atoms with Crippen molar-refractivity contribution in [1.29, 1.82) is 0 Å². The van der Waals surface area contributed by atoms with E-state index in [1.807, 2.05) is 6.92 Å². The molecule has 0 aromatic heterocycles. The van der Waals surface area contributed by atoms with E-state index >= 15 is 0 Å². The van der Waals surface area contributed by atoms with Crippen molar-refractivity contribution in [3.8, 4) is 0 Å². The van der Waals surface area contributed by atoms with Crippen LogP contribution in [0.5, 0.6) is 0 Å². The van der Waals surface area contributed by atoms with Gasteiger partial charge in [-0.2, -0.15) is 4.31 Å². The molecule has 2 fully saturated rings. The smallest absolute Gasteiger partial charge is 0.404 e. The Balaban J connectivity index is 0.000000782. The number of benzene rings is 2. The number of halogens is 1. The molecule has 30 heavy (non-hydrogen) atoms. The number of amides is 1. The van der Waals surface area contributed by atoms with E-state index in [1.165, 1.54) is 35.7 Å². The monoisotopic (exact) mass is 434 g/mol. The Morgan fingerprint density at radius 2 is 1.67 bits per heavy atom. The summed E-state index contributed by atoms with van der Waals surface area (Å²) in [5.41, 5.74) is 1.62. The number of rotatable bonds is 5. The van der Waals surface area contributed by atoms with E-state index in [-0.39, 0.29) is 11.4 Å². The van der Waals surface area contributed by atoms with Crippen LogP contribution in [0.1, 0.15) is 49.3 Å². The fraction of sp³-hybridized carbons (Fsp3) is 0.409. The van der Waals surface area contributed by atoms with Crippen LogP contribution < -0.4 is 5.32 Å². The SMILES string of the molecule is C1CC1.Cc1ccc(S(=O)(=O)N2C(CNC(=O)O)CCC2c2ccc(F)cc2)cc1. The maximum Gasteiger partial charge on any atom is 0.404 e. The number of nitrogens with one attached hydrogen (secondary N) is 1. The van der Waals surface area contributed by atoms with Gasteiger partial charge in [-0.1, -0.05) is 49.1 Å². The number of hydrogen-bond acceptors (Lipinski definition) is 3. The van der Waals surface area contributed by atoms with Crippen LogP contribution >= 0.6 is 0 Å². The lowest BCUT2D eigenvalue weighted by Gasteiger charge is -2.29. The van der Waals surface area contributed by atoms with Gasteiger partial charge < -0.3 is 10.4 Å². The zero-order valence-electron chi connectivity index (χ0n) is 16.9. The topological polar surface area (TPSA) is 86.7 Å². The van der Waals surface area contributed by atoms with Crippen LogP contribution in [-0.4, -0.2) is 36.5 Å². The van der Waals surface area contributed by atoms with Crippen molar-refractivity contribution in [2.75, 3.05) is 6.54 Å². The molecule has 1 saturated heterocycles. The lowest BCUT2D eigenvalue weighted by atomic mass is 10.1. The Morgan fingerprint density at radius 3 is 2.20 bits per heavy atom. The quantitative estimate of drug-likeness (QED) is 0.727. The fourth-order valence-electron chi connectivity index (χ4n) is 3.45. The van der Waals surface area contributed by atoms with E-state index in [0.717, 1.165) is 5.56 Å².